The van der Waals surface area contributed by atoms with Crippen LogP contribution in [-0.4, -0.2) is 29.4 Å². The van der Waals surface area contributed by atoms with Crippen molar-refractivity contribution in [3.63, 3.8) is 0 Å². The van der Waals surface area contributed by atoms with Gasteiger partial charge in [-0.3, -0.25) is 4.79 Å². The van der Waals surface area contributed by atoms with Crippen molar-refractivity contribution in [3.8, 4) is 5.75 Å². The fraction of sp³-hybridized carbons (Fsp3) is 0.286. The van der Waals surface area contributed by atoms with Crippen molar-refractivity contribution in [3.05, 3.63) is 64.8 Å². The normalized spacial score (nSPS) is 10.9. The topological polar surface area (TPSA) is 45.3 Å². The van der Waals surface area contributed by atoms with Crippen molar-refractivity contribution >= 4 is 16.8 Å². The number of hydrogen-bond acceptors (Lipinski definition) is 2. The Morgan fingerprint density at radius 3 is 2.52 bits per heavy atom. The number of ether oxygens (including phenoxy) is 1. The van der Waals surface area contributed by atoms with Crippen LogP contribution in [0.25, 0.3) is 10.9 Å². The van der Waals surface area contributed by atoms with Crippen LogP contribution in [0.2, 0.25) is 0 Å². The lowest BCUT2D eigenvalue weighted by atomic mass is 10.1. The number of nitrogens with zero attached hydrogens (tertiary/aromatic N) is 1. The summed E-state index contributed by atoms with van der Waals surface area (Å²) in [6.45, 7) is 7.30. The van der Waals surface area contributed by atoms with E-state index in [0.717, 1.165) is 22.2 Å². The Morgan fingerprint density at radius 2 is 1.84 bits per heavy atom. The molecule has 0 saturated heterocycles. The number of aromatic nitrogens is 1. The lowest BCUT2D eigenvalue weighted by molar-refractivity contribution is 0.0780. The number of nitrogens with one attached hydrogen (secondary N) is 1. The molecule has 4 heteroatoms. The molecule has 1 amide bonds. The number of amides is 1. The smallest absolute Gasteiger partial charge is 0.270 e. The average Bonchev–Trinajstić information content (AvgIpc) is 3.00. The first-order valence-corrected chi connectivity index (χ1v) is 8.55. The third kappa shape index (κ3) is 3.68. The summed E-state index contributed by atoms with van der Waals surface area (Å²) in [5.41, 5.74) is 5.07. The number of rotatable bonds is 5. The van der Waals surface area contributed by atoms with Gasteiger partial charge in [-0.25, -0.2) is 0 Å². The van der Waals surface area contributed by atoms with Crippen LogP contribution in [0.15, 0.2) is 42.5 Å². The van der Waals surface area contributed by atoms with Gasteiger partial charge in [0.2, 0.25) is 0 Å². The maximum Gasteiger partial charge on any atom is 0.270 e. The zero-order valence-electron chi connectivity index (χ0n) is 15.2. The molecule has 0 fully saturated rings. The van der Waals surface area contributed by atoms with E-state index in [1.54, 1.807) is 4.90 Å². The summed E-state index contributed by atoms with van der Waals surface area (Å²) in [6.07, 6.45) is 0. The van der Waals surface area contributed by atoms with Gasteiger partial charge in [-0.15, -0.1) is 0 Å². The first kappa shape index (κ1) is 17.1. The van der Waals surface area contributed by atoms with E-state index in [4.69, 9.17) is 4.74 Å². The minimum Gasteiger partial charge on any atom is -0.494 e. The molecule has 3 rings (SSSR count). The fourth-order valence-corrected chi connectivity index (χ4v) is 3.12. The van der Waals surface area contributed by atoms with Gasteiger partial charge in [0.1, 0.15) is 11.4 Å². The summed E-state index contributed by atoms with van der Waals surface area (Å²) in [7, 11) is 1.82. The Labute approximate surface area is 148 Å². The molecule has 0 aliphatic heterocycles. The van der Waals surface area contributed by atoms with Crippen LogP contribution >= 0.6 is 0 Å². The highest BCUT2D eigenvalue weighted by Gasteiger charge is 2.15. The Kier molecular flexibility index (Phi) is 4.79. The molecule has 3 aromatic rings. The van der Waals surface area contributed by atoms with E-state index in [0.29, 0.717) is 18.8 Å². The van der Waals surface area contributed by atoms with E-state index in [1.807, 2.05) is 44.3 Å². The van der Waals surface area contributed by atoms with Crippen LogP contribution in [0.4, 0.5) is 0 Å². The fourth-order valence-electron chi connectivity index (χ4n) is 3.12. The van der Waals surface area contributed by atoms with Crippen LogP contribution < -0.4 is 4.74 Å². The van der Waals surface area contributed by atoms with Crippen LogP contribution in [0.5, 0.6) is 5.75 Å². The monoisotopic (exact) mass is 336 g/mol. The van der Waals surface area contributed by atoms with Crippen molar-refractivity contribution in [1.29, 1.82) is 0 Å². The summed E-state index contributed by atoms with van der Waals surface area (Å²) in [6, 6.07) is 14.0. The molecule has 0 aliphatic rings. The maximum atomic E-state index is 12.8. The standard InChI is InChI=1S/C21H24N2O2/c1-5-25-17-8-6-16(7-9-17)13-23(4)21(24)20-12-18-15(3)10-14(2)11-19(18)22-20/h6-12,22H,5,13H2,1-4H3. The molecule has 2 aromatic carbocycles. The number of H-pyrrole nitrogens is 1. The molecular weight excluding hydrogens is 312 g/mol. The van der Waals surface area contributed by atoms with Crippen molar-refractivity contribution in [2.45, 2.75) is 27.3 Å². The van der Waals surface area contributed by atoms with Crippen molar-refractivity contribution in [2.24, 2.45) is 0 Å². The Hall–Kier alpha value is -2.75. The van der Waals surface area contributed by atoms with Crippen LogP contribution in [0, 0.1) is 13.8 Å². The predicted molar refractivity (Wildman–Crippen MR) is 101 cm³/mol. The maximum absolute atomic E-state index is 12.8. The largest absolute Gasteiger partial charge is 0.494 e. The number of aryl methyl sites for hydroxylation is 2. The van der Waals surface area contributed by atoms with Gasteiger partial charge >= 0.3 is 0 Å². The third-order valence-corrected chi connectivity index (χ3v) is 4.32. The van der Waals surface area contributed by atoms with Crippen molar-refractivity contribution in [2.75, 3.05) is 13.7 Å². The molecule has 1 heterocycles. The third-order valence-electron chi connectivity index (χ3n) is 4.32. The second-order valence-corrected chi connectivity index (χ2v) is 6.46. The van der Waals surface area contributed by atoms with Gasteiger partial charge in [-0.2, -0.15) is 0 Å². The van der Waals surface area contributed by atoms with Gasteiger partial charge in [0.25, 0.3) is 5.91 Å². The summed E-state index contributed by atoms with van der Waals surface area (Å²) < 4.78 is 5.45. The summed E-state index contributed by atoms with van der Waals surface area (Å²) in [5.74, 6) is 0.837. The van der Waals surface area contributed by atoms with Crippen molar-refractivity contribution in [1.82, 2.24) is 9.88 Å². The lowest BCUT2D eigenvalue weighted by Gasteiger charge is -2.16. The number of benzene rings is 2. The zero-order valence-corrected chi connectivity index (χ0v) is 15.2. The van der Waals surface area contributed by atoms with Gasteiger partial charge in [0.05, 0.1) is 6.61 Å². The van der Waals surface area contributed by atoms with Crippen LogP contribution in [-0.2, 0) is 6.54 Å². The van der Waals surface area contributed by atoms with E-state index in [-0.39, 0.29) is 5.91 Å². The zero-order chi connectivity index (χ0) is 18.0. The number of carbonyl (C=O) groups is 1. The highest BCUT2D eigenvalue weighted by molar-refractivity contribution is 5.98. The molecule has 1 aromatic heterocycles. The molecule has 0 atom stereocenters. The van der Waals surface area contributed by atoms with Gasteiger partial charge in [0.15, 0.2) is 0 Å². The van der Waals surface area contributed by atoms with Gasteiger partial charge in [0, 0.05) is 24.5 Å². The molecule has 0 spiro atoms. The highest BCUT2D eigenvalue weighted by Crippen LogP contribution is 2.22. The highest BCUT2D eigenvalue weighted by atomic mass is 16.5. The molecule has 0 aliphatic carbocycles. The van der Waals surface area contributed by atoms with E-state index < -0.39 is 0 Å². The van der Waals surface area contributed by atoms with E-state index in [1.165, 1.54) is 11.1 Å². The molecule has 130 valence electrons. The summed E-state index contributed by atoms with van der Waals surface area (Å²) >= 11 is 0. The molecule has 4 nitrogen and oxygen atoms in total. The van der Waals surface area contributed by atoms with Gasteiger partial charge in [-0.1, -0.05) is 18.2 Å². The molecule has 0 unspecified atom stereocenters. The minimum atomic E-state index is -0.0119. The molecular formula is C21H24N2O2. The first-order valence-electron chi connectivity index (χ1n) is 8.55. The van der Waals surface area contributed by atoms with Crippen molar-refractivity contribution < 1.29 is 9.53 Å². The van der Waals surface area contributed by atoms with Gasteiger partial charge < -0.3 is 14.6 Å². The Bertz CT molecular complexity index is 894. The van der Waals surface area contributed by atoms with E-state index in [2.05, 4.69) is 31.0 Å². The second kappa shape index (κ2) is 7.01. The quantitative estimate of drug-likeness (QED) is 0.748. The van der Waals surface area contributed by atoms with Crippen LogP contribution in [0.1, 0.15) is 34.1 Å². The molecule has 0 saturated carbocycles. The lowest BCUT2D eigenvalue weighted by Crippen LogP contribution is -2.26. The minimum absolute atomic E-state index is 0.0119. The second-order valence-electron chi connectivity index (χ2n) is 6.46. The summed E-state index contributed by atoms with van der Waals surface area (Å²) in [4.78, 5) is 17.7. The summed E-state index contributed by atoms with van der Waals surface area (Å²) in [5, 5.41) is 1.10. The average molecular weight is 336 g/mol. The number of aromatic amines is 1. The first-order chi connectivity index (χ1) is 12.0. The molecule has 0 bridgehead atoms. The Morgan fingerprint density at radius 1 is 1.12 bits per heavy atom. The number of carbonyl (C=O) groups excluding carboxylic acids is 1. The SMILES string of the molecule is CCOc1ccc(CN(C)C(=O)c2cc3c(C)cc(C)cc3[nH]2)cc1. The van der Waals surface area contributed by atoms with Gasteiger partial charge in [-0.05, 0) is 61.7 Å². The van der Waals surface area contributed by atoms with Crippen LogP contribution in [0.3, 0.4) is 0 Å². The number of fused-ring (bicyclic) bond motifs is 1. The molecule has 0 radical (unpaired) electrons. The van der Waals surface area contributed by atoms with E-state index >= 15 is 0 Å². The molecule has 1 N–H and O–H groups in total. The number of hydrogen-bond donors (Lipinski definition) is 1. The predicted octanol–water partition coefficient (Wildman–Crippen LogP) is 4.46. The Balaban J connectivity index is 1.77. The van der Waals surface area contributed by atoms with E-state index in [9.17, 15) is 4.79 Å². The molecule has 25 heavy (non-hydrogen) atoms.